The first-order chi connectivity index (χ1) is 8.74. The fraction of sp³-hybridized carbons (Fsp3) is 0.267. The summed E-state index contributed by atoms with van der Waals surface area (Å²) in [7, 11) is 0. The predicted molar refractivity (Wildman–Crippen MR) is 70.8 cm³/mol. The van der Waals surface area contributed by atoms with Crippen molar-refractivity contribution >= 4 is 0 Å². The van der Waals surface area contributed by atoms with Crippen LogP contribution in [0.2, 0.25) is 0 Å². The van der Waals surface area contributed by atoms with E-state index in [9.17, 15) is 0 Å². The molecule has 0 radical (unpaired) electrons. The van der Waals surface area contributed by atoms with Crippen molar-refractivity contribution in [3.05, 3.63) is 53.2 Å². The maximum Gasteiger partial charge on any atom is 0.222 e. The quantitative estimate of drug-likeness (QED) is 0.896. The Kier molecular flexibility index (Phi) is 3.95. The highest BCUT2D eigenvalue weighted by molar-refractivity contribution is 5.38. The van der Waals surface area contributed by atoms with E-state index in [1.165, 1.54) is 0 Å². The Morgan fingerprint density at radius 2 is 2.06 bits per heavy atom. The van der Waals surface area contributed by atoms with E-state index in [-0.39, 0.29) is 6.61 Å². The lowest BCUT2D eigenvalue weighted by Gasteiger charge is -2.11. The van der Waals surface area contributed by atoms with E-state index in [1.807, 2.05) is 37.3 Å². The van der Waals surface area contributed by atoms with Crippen LogP contribution in [0.25, 0.3) is 0 Å². The second-order valence-electron chi connectivity index (χ2n) is 4.19. The number of benzene rings is 1. The molecule has 1 N–H and O–H groups in total. The third-order valence-electron chi connectivity index (χ3n) is 2.83. The minimum atomic E-state index is -0.000330. The van der Waals surface area contributed by atoms with E-state index in [0.29, 0.717) is 5.88 Å². The van der Waals surface area contributed by atoms with Gasteiger partial charge in [-0.15, -0.1) is 0 Å². The molecule has 2 aromatic rings. The van der Waals surface area contributed by atoms with Crippen LogP contribution >= 0.6 is 0 Å². The molecular formula is C15H17NO2. The van der Waals surface area contributed by atoms with E-state index in [2.05, 4.69) is 11.9 Å². The van der Waals surface area contributed by atoms with E-state index in [4.69, 9.17) is 9.84 Å². The number of aliphatic hydroxyl groups is 1. The van der Waals surface area contributed by atoms with Gasteiger partial charge in [-0.2, -0.15) is 0 Å². The summed E-state index contributed by atoms with van der Waals surface area (Å²) in [4.78, 5) is 4.24. The summed E-state index contributed by atoms with van der Waals surface area (Å²) in [6, 6.07) is 9.83. The van der Waals surface area contributed by atoms with Crippen molar-refractivity contribution in [2.45, 2.75) is 26.9 Å². The van der Waals surface area contributed by atoms with Crippen molar-refractivity contribution in [1.29, 1.82) is 0 Å². The summed E-state index contributed by atoms with van der Waals surface area (Å²) in [5.41, 5.74) is 2.88. The number of hydrogen-bond acceptors (Lipinski definition) is 3. The zero-order valence-corrected chi connectivity index (χ0v) is 10.7. The van der Waals surface area contributed by atoms with Crippen LogP contribution in [0.15, 0.2) is 36.5 Å². The smallest absolute Gasteiger partial charge is 0.222 e. The summed E-state index contributed by atoms with van der Waals surface area (Å²) in [6.45, 7) is 4.02. The first-order valence-electron chi connectivity index (χ1n) is 6.06. The van der Waals surface area contributed by atoms with Gasteiger partial charge in [0.1, 0.15) is 5.75 Å². The fourth-order valence-electron chi connectivity index (χ4n) is 1.81. The molecule has 94 valence electrons. The van der Waals surface area contributed by atoms with Crippen molar-refractivity contribution in [2.75, 3.05) is 0 Å². The van der Waals surface area contributed by atoms with Gasteiger partial charge in [-0.25, -0.2) is 4.98 Å². The van der Waals surface area contributed by atoms with Gasteiger partial charge in [0.15, 0.2) is 0 Å². The van der Waals surface area contributed by atoms with E-state index < -0.39 is 0 Å². The topological polar surface area (TPSA) is 42.4 Å². The Balaban J connectivity index is 2.28. The number of aliphatic hydroxyl groups excluding tert-OH is 1. The Hall–Kier alpha value is -1.87. The van der Waals surface area contributed by atoms with Crippen LogP contribution in [0.1, 0.15) is 23.6 Å². The monoisotopic (exact) mass is 243 g/mol. The van der Waals surface area contributed by atoms with Crippen LogP contribution in [0.3, 0.4) is 0 Å². The van der Waals surface area contributed by atoms with Gasteiger partial charge in [-0.3, -0.25) is 0 Å². The van der Waals surface area contributed by atoms with Crippen LogP contribution in [0.4, 0.5) is 0 Å². The number of ether oxygens (including phenoxy) is 1. The molecule has 0 spiro atoms. The van der Waals surface area contributed by atoms with Gasteiger partial charge in [-0.05, 0) is 36.6 Å². The lowest BCUT2D eigenvalue weighted by molar-refractivity contribution is 0.281. The molecular weight excluding hydrogens is 226 g/mol. The molecule has 0 aliphatic carbocycles. The first kappa shape index (κ1) is 12.6. The highest BCUT2D eigenvalue weighted by Gasteiger charge is 2.07. The summed E-state index contributed by atoms with van der Waals surface area (Å²) in [5.74, 6) is 1.43. The molecule has 1 aromatic carbocycles. The van der Waals surface area contributed by atoms with E-state index in [0.717, 1.165) is 28.9 Å². The number of rotatable bonds is 4. The molecule has 1 aromatic heterocycles. The van der Waals surface area contributed by atoms with Crippen molar-refractivity contribution in [1.82, 2.24) is 4.98 Å². The number of pyridine rings is 1. The second kappa shape index (κ2) is 5.65. The van der Waals surface area contributed by atoms with Gasteiger partial charge in [-0.1, -0.05) is 25.1 Å². The van der Waals surface area contributed by atoms with Crippen LogP contribution in [0.5, 0.6) is 11.6 Å². The molecule has 0 aliphatic heterocycles. The highest BCUT2D eigenvalue weighted by Crippen LogP contribution is 2.26. The first-order valence-corrected chi connectivity index (χ1v) is 6.06. The lowest BCUT2D eigenvalue weighted by Crippen LogP contribution is -1.96. The van der Waals surface area contributed by atoms with Crippen molar-refractivity contribution in [2.24, 2.45) is 0 Å². The van der Waals surface area contributed by atoms with Crippen LogP contribution in [0, 0.1) is 6.92 Å². The van der Waals surface area contributed by atoms with Gasteiger partial charge in [0.25, 0.3) is 0 Å². The molecule has 0 aliphatic rings. The molecule has 0 fully saturated rings. The molecule has 0 bridgehead atoms. The summed E-state index contributed by atoms with van der Waals surface area (Å²) in [5, 5.41) is 9.04. The molecule has 0 amide bonds. The standard InChI is InChI=1S/C15H17NO2/c1-3-13-6-4-5-7-14(13)18-15-11(2)8-12(10-17)9-16-15/h4-9,17H,3,10H2,1-2H3. The molecule has 0 unspecified atom stereocenters. The highest BCUT2D eigenvalue weighted by atomic mass is 16.5. The number of aromatic nitrogens is 1. The number of nitrogens with zero attached hydrogens (tertiary/aromatic N) is 1. The maximum atomic E-state index is 9.04. The van der Waals surface area contributed by atoms with Gasteiger partial charge >= 0.3 is 0 Å². The minimum absolute atomic E-state index is 0.000330. The zero-order chi connectivity index (χ0) is 13.0. The molecule has 3 nitrogen and oxygen atoms in total. The molecule has 0 atom stereocenters. The summed E-state index contributed by atoms with van der Waals surface area (Å²) >= 11 is 0. The number of hydrogen-bond donors (Lipinski definition) is 1. The number of para-hydroxylation sites is 1. The Morgan fingerprint density at radius 3 is 2.72 bits per heavy atom. The largest absolute Gasteiger partial charge is 0.438 e. The summed E-state index contributed by atoms with van der Waals surface area (Å²) < 4.78 is 5.84. The average molecular weight is 243 g/mol. The van der Waals surface area contributed by atoms with Gasteiger partial charge in [0.05, 0.1) is 6.61 Å². The predicted octanol–water partition coefficient (Wildman–Crippen LogP) is 3.24. The maximum absolute atomic E-state index is 9.04. The third kappa shape index (κ3) is 2.68. The van der Waals surface area contributed by atoms with Crippen molar-refractivity contribution < 1.29 is 9.84 Å². The second-order valence-corrected chi connectivity index (χ2v) is 4.19. The van der Waals surface area contributed by atoms with Crippen LogP contribution in [-0.2, 0) is 13.0 Å². The van der Waals surface area contributed by atoms with E-state index >= 15 is 0 Å². The fourth-order valence-corrected chi connectivity index (χ4v) is 1.81. The summed E-state index contributed by atoms with van der Waals surface area (Å²) in [6.07, 6.45) is 2.56. The van der Waals surface area contributed by atoms with Crippen molar-refractivity contribution in [3.63, 3.8) is 0 Å². The van der Waals surface area contributed by atoms with Gasteiger partial charge < -0.3 is 9.84 Å². The Bertz CT molecular complexity index is 538. The Morgan fingerprint density at radius 1 is 1.28 bits per heavy atom. The lowest BCUT2D eigenvalue weighted by atomic mass is 10.1. The molecule has 0 saturated heterocycles. The third-order valence-corrected chi connectivity index (χ3v) is 2.83. The average Bonchev–Trinajstić information content (AvgIpc) is 2.41. The normalized spacial score (nSPS) is 10.4. The van der Waals surface area contributed by atoms with Crippen molar-refractivity contribution in [3.8, 4) is 11.6 Å². The molecule has 3 heteroatoms. The molecule has 1 heterocycles. The molecule has 0 saturated carbocycles. The molecule has 2 rings (SSSR count). The van der Waals surface area contributed by atoms with Gasteiger partial charge in [0.2, 0.25) is 5.88 Å². The van der Waals surface area contributed by atoms with Crippen LogP contribution in [-0.4, -0.2) is 10.1 Å². The Labute approximate surface area is 107 Å². The SMILES string of the molecule is CCc1ccccc1Oc1ncc(CO)cc1C. The van der Waals surface area contributed by atoms with E-state index in [1.54, 1.807) is 6.20 Å². The minimum Gasteiger partial charge on any atom is -0.438 e. The zero-order valence-electron chi connectivity index (χ0n) is 10.7. The van der Waals surface area contributed by atoms with Crippen LogP contribution < -0.4 is 4.74 Å². The van der Waals surface area contributed by atoms with Gasteiger partial charge in [0, 0.05) is 11.8 Å². The molecule has 18 heavy (non-hydrogen) atoms. The number of aryl methyl sites for hydroxylation is 2.